The Bertz CT molecular complexity index is 666. The molecule has 3 N–H and O–H groups in total. The van der Waals surface area contributed by atoms with Gasteiger partial charge in [0.25, 0.3) is 0 Å². The van der Waals surface area contributed by atoms with Crippen LogP contribution < -0.4 is 11.1 Å². The first-order valence-electron chi connectivity index (χ1n) is 8.05. The first-order chi connectivity index (χ1) is 11.7. The minimum atomic E-state index is -0.435. The van der Waals surface area contributed by atoms with Crippen LogP contribution in [-0.4, -0.2) is 48.1 Å². The Balaban J connectivity index is 2.27. The molecular formula is C17H25FN4O2S. The van der Waals surface area contributed by atoms with E-state index in [4.69, 9.17) is 10.5 Å². The molecule has 0 saturated heterocycles. The number of aliphatic imine (C=N–C) groups is 1. The second kappa shape index (κ2) is 8.16. The number of carbonyl (C=O) groups excluding carboxylic acids is 1. The molecular weight excluding hydrogens is 343 g/mol. The van der Waals surface area contributed by atoms with Gasteiger partial charge in [-0.15, -0.1) is 0 Å². The maximum Gasteiger partial charge on any atom is 0.226 e. The van der Waals surface area contributed by atoms with Crippen LogP contribution in [0.4, 0.5) is 10.1 Å². The fourth-order valence-electron chi connectivity index (χ4n) is 2.54. The molecule has 0 aromatic heterocycles. The van der Waals surface area contributed by atoms with Crippen LogP contribution in [0, 0.1) is 5.82 Å². The van der Waals surface area contributed by atoms with Crippen molar-refractivity contribution in [2.75, 3.05) is 32.6 Å². The van der Waals surface area contributed by atoms with Crippen molar-refractivity contribution < 1.29 is 13.9 Å². The molecule has 1 aromatic carbocycles. The standard InChI is InChI=1S/C17H25FN4O2S/c1-17(2)16(19)21-14(10-22(3)25-17)12-9-11(5-6-13(12)18)20-15(23)7-8-24-4/h5-6,9,14H,7-8,10H2,1-4H3,(H2,19,21)(H,20,23). The second-order valence-corrected chi connectivity index (χ2v) is 8.30. The van der Waals surface area contributed by atoms with Gasteiger partial charge in [-0.05, 0) is 39.1 Å². The lowest BCUT2D eigenvalue weighted by Gasteiger charge is -2.25. The molecule has 1 unspecified atom stereocenters. The van der Waals surface area contributed by atoms with E-state index in [0.717, 1.165) is 0 Å². The molecule has 6 nitrogen and oxygen atoms in total. The molecule has 1 aliphatic rings. The number of benzene rings is 1. The van der Waals surface area contributed by atoms with E-state index in [9.17, 15) is 9.18 Å². The number of carbonyl (C=O) groups is 1. The molecule has 1 aromatic rings. The molecule has 25 heavy (non-hydrogen) atoms. The van der Waals surface area contributed by atoms with Crippen LogP contribution >= 0.6 is 11.9 Å². The number of ether oxygens (including phenoxy) is 1. The fourth-order valence-corrected chi connectivity index (χ4v) is 3.69. The Morgan fingerprint density at radius 3 is 2.96 bits per heavy atom. The van der Waals surface area contributed by atoms with Crippen molar-refractivity contribution in [3.8, 4) is 0 Å². The summed E-state index contributed by atoms with van der Waals surface area (Å²) in [5.41, 5.74) is 7.07. The van der Waals surface area contributed by atoms with Gasteiger partial charge in [-0.3, -0.25) is 14.1 Å². The zero-order valence-electron chi connectivity index (χ0n) is 15.0. The predicted octanol–water partition coefficient (Wildman–Crippen LogP) is 2.57. The van der Waals surface area contributed by atoms with E-state index in [2.05, 4.69) is 10.3 Å². The lowest BCUT2D eigenvalue weighted by Crippen LogP contribution is -2.36. The topological polar surface area (TPSA) is 80.0 Å². The molecule has 0 bridgehead atoms. The summed E-state index contributed by atoms with van der Waals surface area (Å²) in [6, 6.07) is 4.07. The first-order valence-corrected chi connectivity index (χ1v) is 8.82. The average Bonchev–Trinajstić information content (AvgIpc) is 2.62. The molecule has 0 radical (unpaired) electrons. The molecule has 0 saturated carbocycles. The van der Waals surface area contributed by atoms with Gasteiger partial charge in [-0.1, -0.05) is 11.9 Å². The van der Waals surface area contributed by atoms with E-state index in [0.29, 0.717) is 30.2 Å². The monoisotopic (exact) mass is 368 g/mol. The number of likely N-dealkylation sites (N-methyl/N-ethyl adjacent to an activating group) is 1. The summed E-state index contributed by atoms with van der Waals surface area (Å²) in [7, 11) is 3.47. The third-order valence-electron chi connectivity index (χ3n) is 3.90. The maximum absolute atomic E-state index is 14.4. The van der Waals surface area contributed by atoms with Gasteiger partial charge >= 0.3 is 0 Å². The van der Waals surface area contributed by atoms with Crippen LogP contribution in [0.2, 0.25) is 0 Å². The number of halogens is 1. The normalized spacial score (nSPS) is 20.7. The number of nitrogens with one attached hydrogen (secondary N) is 1. The van der Waals surface area contributed by atoms with E-state index in [-0.39, 0.29) is 22.9 Å². The molecule has 1 heterocycles. The van der Waals surface area contributed by atoms with Crippen molar-refractivity contribution in [1.82, 2.24) is 4.31 Å². The Morgan fingerprint density at radius 1 is 1.56 bits per heavy atom. The van der Waals surface area contributed by atoms with Gasteiger partial charge in [-0.25, -0.2) is 4.39 Å². The SMILES string of the molecule is COCCC(=O)Nc1ccc(F)c(C2CN(C)SC(C)(C)C(N)=N2)c1. The number of nitrogens with two attached hydrogens (primary N) is 1. The van der Waals surface area contributed by atoms with Crippen LogP contribution in [0.5, 0.6) is 0 Å². The zero-order valence-corrected chi connectivity index (χ0v) is 15.8. The number of amidine groups is 1. The molecule has 2 rings (SSSR count). The number of hydrogen-bond acceptors (Lipinski definition) is 6. The van der Waals surface area contributed by atoms with Gasteiger partial charge in [-0.2, -0.15) is 0 Å². The minimum absolute atomic E-state index is 0.183. The van der Waals surface area contributed by atoms with Crippen molar-refractivity contribution in [2.45, 2.75) is 31.1 Å². The summed E-state index contributed by atoms with van der Waals surface area (Å²) in [6.45, 7) is 4.82. The van der Waals surface area contributed by atoms with E-state index in [1.165, 1.54) is 19.2 Å². The van der Waals surface area contributed by atoms with Gasteiger partial charge in [0, 0.05) is 24.9 Å². The molecule has 0 spiro atoms. The quantitative estimate of drug-likeness (QED) is 0.781. The number of amides is 1. The van der Waals surface area contributed by atoms with Gasteiger partial charge < -0.3 is 15.8 Å². The molecule has 0 aliphatic carbocycles. The van der Waals surface area contributed by atoms with Crippen LogP contribution in [-0.2, 0) is 9.53 Å². The fraction of sp³-hybridized carbons (Fsp3) is 0.529. The van der Waals surface area contributed by atoms with Crippen LogP contribution in [0.25, 0.3) is 0 Å². The van der Waals surface area contributed by atoms with Gasteiger partial charge in [0.1, 0.15) is 11.7 Å². The minimum Gasteiger partial charge on any atom is -0.386 e. The van der Waals surface area contributed by atoms with Gasteiger partial charge in [0.15, 0.2) is 0 Å². The summed E-state index contributed by atoms with van der Waals surface area (Å²) < 4.78 is 20.9. The van der Waals surface area contributed by atoms with Gasteiger partial charge in [0.05, 0.1) is 23.8 Å². The smallest absolute Gasteiger partial charge is 0.226 e. The first kappa shape index (κ1) is 19.7. The summed E-state index contributed by atoms with van der Waals surface area (Å²) in [4.78, 5) is 16.4. The zero-order chi connectivity index (χ0) is 18.6. The number of nitrogens with zero attached hydrogens (tertiary/aromatic N) is 2. The summed E-state index contributed by atoms with van der Waals surface area (Å²) in [6.07, 6.45) is 0.241. The Morgan fingerprint density at radius 2 is 2.28 bits per heavy atom. The highest BCUT2D eigenvalue weighted by Crippen LogP contribution is 2.35. The van der Waals surface area contributed by atoms with E-state index in [1.54, 1.807) is 18.0 Å². The Labute approximate surface area is 152 Å². The van der Waals surface area contributed by atoms with E-state index in [1.807, 2.05) is 25.2 Å². The van der Waals surface area contributed by atoms with Crippen molar-refractivity contribution >= 4 is 29.4 Å². The highest BCUT2D eigenvalue weighted by molar-refractivity contribution is 7.99. The lowest BCUT2D eigenvalue weighted by atomic mass is 10.0. The average molecular weight is 368 g/mol. The Hall–Kier alpha value is -1.64. The van der Waals surface area contributed by atoms with Gasteiger partial charge in [0.2, 0.25) is 5.91 Å². The maximum atomic E-state index is 14.4. The lowest BCUT2D eigenvalue weighted by molar-refractivity contribution is -0.117. The van der Waals surface area contributed by atoms with Crippen molar-refractivity contribution in [1.29, 1.82) is 0 Å². The highest BCUT2D eigenvalue weighted by atomic mass is 32.2. The van der Waals surface area contributed by atoms with Crippen molar-refractivity contribution in [2.24, 2.45) is 10.7 Å². The molecule has 138 valence electrons. The largest absolute Gasteiger partial charge is 0.386 e. The Kier molecular flexibility index (Phi) is 6.42. The molecule has 1 atom stereocenters. The van der Waals surface area contributed by atoms with E-state index >= 15 is 0 Å². The number of hydrogen-bond donors (Lipinski definition) is 2. The summed E-state index contributed by atoms with van der Waals surface area (Å²) in [5.74, 6) is -0.0765. The van der Waals surface area contributed by atoms with Crippen molar-refractivity contribution in [3.63, 3.8) is 0 Å². The number of anilines is 1. The van der Waals surface area contributed by atoms with E-state index < -0.39 is 6.04 Å². The van der Waals surface area contributed by atoms with Crippen molar-refractivity contribution in [3.05, 3.63) is 29.6 Å². The summed E-state index contributed by atoms with van der Waals surface area (Å²) >= 11 is 1.57. The third kappa shape index (κ3) is 5.17. The van der Waals surface area contributed by atoms with Crippen LogP contribution in [0.1, 0.15) is 31.9 Å². The predicted molar refractivity (Wildman–Crippen MR) is 100 cm³/mol. The number of rotatable bonds is 5. The molecule has 8 heteroatoms. The summed E-state index contributed by atoms with van der Waals surface area (Å²) in [5, 5.41) is 2.75. The highest BCUT2D eigenvalue weighted by Gasteiger charge is 2.32. The molecule has 1 amide bonds. The number of methoxy groups -OCH3 is 1. The second-order valence-electron chi connectivity index (χ2n) is 6.47. The van der Waals surface area contributed by atoms with Crippen LogP contribution in [0.3, 0.4) is 0 Å². The molecule has 1 aliphatic heterocycles. The third-order valence-corrected chi connectivity index (χ3v) is 5.02. The van der Waals surface area contributed by atoms with Crippen LogP contribution in [0.15, 0.2) is 23.2 Å². The molecule has 0 fully saturated rings.